The number of nitrogens with two attached hydrogens (primary N) is 1. The van der Waals surface area contributed by atoms with Gasteiger partial charge in [-0.2, -0.15) is 0 Å². The Labute approximate surface area is 114 Å². The number of nitrogens with one attached hydrogen (secondary N) is 1. The fourth-order valence-corrected chi connectivity index (χ4v) is 1.80. The van der Waals surface area contributed by atoms with Crippen LogP contribution < -0.4 is 11.1 Å². The molecular weight excluding hydrogens is 246 g/mol. The molecule has 1 aliphatic heterocycles. The van der Waals surface area contributed by atoms with E-state index >= 15 is 0 Å². The van der Waals surface area contributed by atoms with Gasteiger partial charge in [-0.1, -0.05) is 13.8 Å². The molecule has 1 heterocycles. The second-order valence-electron chi connectivity index (χ2n) is 5.21. The number of rotatable bonds is 6. The van der Waals surface area contributed by atoms with Crippen molar-refractivity contribution in [3.05, 3.63) is 0 Å². The summed E-state index contributed by atoms with van der Waals surface area (Å²) >= 11 is 0. The Morgan fingerprint density at radius 1 is 1.32 bits per heavy atom. The predicted molar refractivity (Wildman–Crippen MR) is 72.5 cm³/mol. The maximum atomic E-state index is 11.8. The lowest BCUT2D eigenvalue weighted by molar-refractivity contribution is -0.135. The van der Waals surface area contributed by atoms with Crippen molar-refractivity contribution < 1.29 is 14.3 Å². The maximum Gasteiger partial charge on any atom is 0.224 e. The largest absolute Gasteiger partial charge is 0.378 e. The van der Waals surface area contributed by atoms with Crippen LogP contribution in [-0.2, 0) is 14.3 Å². The monoisotopic (exact) mass is 271 g/mol. The van der Waals surface area contributed by atoms with E-state index in [1.807, 2.05) is 13.8 Å². The molecule has 2 amide bonds. The highest BCUT2D eigenvalue weighted by Gasteiger charge is 2.17. The van der Waals surface area contributed by atoms with Gasteiger partial charge in [0.05, 0.1) is 13.2 Å². The van der Waals surface area contributed by atoms with E-state index in [1.54, 1.807) is 4.90 Å². The van der Waals surface area contributed by atoms with Gasteiger partial charge in [0, 0.05) is 38.5 Å². The third-order valence-corrected chi connectivity index (χ3v) is 3.30. The van der Waals surface area contributed by atoms with Crippen LogP contribution in [-0.4, -0.2) is 55.6 Å². The lowest BCUT2D eigenvalue weighted by Crippen LogP contribution is -2.42. The minimum Gasteiger partial charge on any atom is -0.378 e. The van der Waals surface area contributed by atoms with Crippen molar-refractivity contribution in [2.75, 3.05) is 32.8 Å². The summed E-state index contributed by atoms with van der Waals surface area (Å²) in [5, 5.41) is 2.74. The molecule has 0 aliphatic carbocycles. The lowest BCUT2D eigenvalue weighted by atomic mass is 10.0. The summed E-state index contributed by atoms with van der Waals surface area (Å²) in [5.41, 5.74) is 5.82. The van der Waals surface area contributed by atoms with Crippen LogP contribution in [0.5, 0.6) is 0 Å². The van der Waals surface area contributed by atoms with Gasteiger partial charge in [0.15, 0.2) is 0 Å². The van der Waals surface area contributed by atoms with Crippen LogP contribution in [0, 0.1) is 5.92 Å². The number of amides is 2. The van der Waals surface area contributed by atoms with E-state index in [0.717, 1.165) is 0 Å². The van der Waals surface area contributed by atoms with Crippen LogP contribution in [0.15, 0.2) is 0 Å². The van der Waals surface area contributed by atoms with E-state index in [2.05, 4.69) is 5.32 Å². The Kier molecular flexibility index (Phi) is 6.80. The number of hydrogen-bond donors (Lipinski definition) is 2. The summed E-state index contributed by atoms with van der Waals surface area (Å²) < 4.78 is 5.18. The third kappa shape index (κ3) is 6.02. The number of carbonyl (C=O) groups excluding carboxylic acids is 2. The first-order valence-corrected chi connectivity index (χ1v) is 6.88. The Hall–Kier alpha value is -1.14. The first-order chi connectivity index (χ1) is 9.00. The molecule has 1 unspecified atom stereocenters. The predicted octanol–water partition coefficient (Wildman–Crippen LogP) is -0.275. The van der Waals surface area contributed by atoms with Crippen LogP contribution >= 0.6 is 0 Å². The normalized spacial score (nSPS) is 17.4. The van der Waals surface area contributed by atoms with Crippen LogP contribution in [0.25, 0.3) is 0 Å². The molecule has 0 aromatic rings. The molecular formula is C13H25N3O3. The molecule has 110 valence electrons. The van der Waals surface area contributed by atoms with E-state index in [1.165, 1.54) is 0 Å². The van der Waals surface area contributed by atoms with Gasteiger partial charge in [0.25, 0.3) is 0 Å². The molecule has 1 rings (SSSR count). The average molecular weight is 271 g/mol. The summed E-state index contributed by atoms with van der Waals surface area (Å²) in [6.45, 7) is 6.83. The van der Waals surface area contributed by atoms with E-state index in [9.17, 15) is 9.59 Å². The summed E-state index contributed by atoms with van der Waals surface area (Å²) in [7, 11) is 0. The Morgan fingerprint density at radius 2 is 1.95 bits per heavy atom. The molecule has 1 atom stereocenters. The minimum absolute atomic E-state index is 0.0664. The Bertz CT molecular complexity index is 302. The topological polar surface area (TPSA) is 84.7 Å². The highest BCUT2D eigenvalue weighted by atomic mass is 16.5. The third-order valence-electron chi connectivity index (χ3n) is 3.30. The van der Waals surface area contributed by atoms with Gasteiger partial charge in [-0.05, 0) is 5.92 Å². The van der Waals surface area contributed by atoms with Gasteiger partial charge < -0.3 is 20.7 Å². The molecule has 0 aromatic carbocycles. The van der Waals surface area contributed by atoms with Gasteiger partial charge in [0.1, 0.15) is 0 Å². The minimum atomic E-state index is -0.130. The molecule has 1 fully saturated rings. The second kappa shape index (κ2) is 8.12. The van der Waals surface area contributed by atoms with E-state index in [-0.39, 0.29) is 23.8 Å². The van der Waals surface area contributed by atoms with Crippen molar-refractivity contribution in [3.8, 4) is 0 Å². The number of hydrogen-bond acceptors (Lipinski definition) is 4. The van der Waals surface area contributed by atoms with E-state index in [0.29, 0.717) is 45.7 Å². The van der Waals surface area contributed by atoms with Crippen molar-refractivity contribution in [1.82, 2.24) is 10.2 Å². The molecule has 0 radical (unpaired) electrons. The summed E-state index contributed by atoms with van der Waals surface area (Å²) in [4.78, 5) is 25.2. The Morgan fingerprint density at radius 3 is 2.53 bits per heavy atom. The highest BCUT2D eigenvalue weighted by Crippen LogP contribution is 2.03. The molecule has 0 bridgehead atoms. The van der Waals surface area contributed by atoms with Crippen molar-refractivity contribution >= 4 is 11.8 Å². The van der Waals surface area contributed by atoms with E-state index < -0.39 is 0 Å². The van der Waals surface area contributed by atoms with Gasteiger partial charge in [-0.15, -0.1) is 0 Å². The molecule has 6 heteroatoms. The summed E-state index contributed by atoms with van der Waals surface area (Å²) in [6.07, 6.45) is 0.645. The number of nitrogens with zero attached hydrogens (tertiary/aromatic N) is 1. The fraction of sp³-hybridized carbons (Fsp3) is 0.846. The van der Waals surface area contributed by atoms with Gasteiger partial charge >= 0.3 is 0 Å². The molecule has 19 heavy (non-hydrogen) atoms. The molecule has 1 saturated heterocycles. The highest BCUT2D eigenvalue weighted by molar-refractivity contribution is 5.79. The Balaban J connectivity index is 2.15. The first kappa shape index (κ1) is 15.9. The molecule has 1 aliphatic rings. The van der Waals surface area contributed by atoms with Crippen LogP contribution in [0.1, 0.15) is 26.7 Å². The quantitative estimate of drug-likeness (QED) is 0.696. The van der Waals surface area contributed by atoms with Crippen molar-refractivity contribution in [3.63, 3.8) is 0 Å². The van der Waals surface area contributed by atoms with Crippen molar-refractivity contribution in [2.24, 2.45) is 11.7 Å². The van der Waals surface area contributed by atoms with Gasteiger partial charge in [-0.25, -0.2) is 0 Å². The molecule has 0 spiro atoms. The van der Waals surface area contributed by atoms with Crippen molar-refractivity contribution in [2.45, 2.75) is 32.7 Å². The molecule has 3 N–H and O–H groups in total. The van der Waals surface area contributed by atoms with Gasteiger partial charge in [-0.3, -0.25) is 9.59 Å². The first-order valence-electron chi connectivity index (χ1n) is 6.88. The lowest BCUT2D eigenvalue weighted by Gasteiger charge is -2.26. The van der Waals surface area contributed by atoms with E-state index in [4.69, 9.17) is 10.5 Å². The number of ether oxygens (including phenoxy) is 1. The summed E-state index contributed by atoms with van der Waals surface area (Å²) in [5.74, 6) is 0.258. The summed E-state index contributed by atoms with van der Waals surface area (Å²) in [6, 6.07) is -0.130. The fourth-order valence-electron chi connectivity index (χ4n) is 1.80. The SMILES string of the molecule is CC(C)C(N)CC(=O)NCCC(=O)N1CCOCC1. The van der Waals surface area contributed by atoms with Gasteiger partial charge in [0.2, 0.25) is 11.8 Å². The number of carbonyl (C=O) groups is 2. The zero-order valence-corrected chi connectivity index (χ0v) is 11.9. The van der Waals surface area contributed by atoms with Crippen molar-refractivity contribution in [1.29, 1.82) is 0 Å². The maximum absolute atomic E-state index is 11.8. The van der Waals surface area contributed by atoms with Crippen LogP contribution in [0.4, 0.5) is 0 Å². The molecule has 0 saturated carbocycles. The smallest absolute Gasteiger partial charge is 0.224 e. The average Bonchev–Trinajstić information content (AvgIpc) is 2.39. The standard InChI is InChI=1S/C13H25N3O3/c1-10(2)11(14)9-12(17)15-4-3-13(18)16-5-7-19-8-6-16/h10-11H,3-9,14H2,1-2H3,(H,15,17). The molecule has 6 nitrogen and oxygen atoms in total. The second-order valence-corrected chi connectivity index (χ2v) is 5.21. The van der Waals surface area contributed by atoms with Crippen LogP contribution in [0.3, 0.4) is 0 Å². The van der Waals surface area contributed by atoms with Crippen LogP contribution in [0.2, 0.25) is 0 Å². The zero-order valence-electron chi connectivity index (χ0n) is 11.9. The number of morpholine rings is 1. The zero-order chi connectivity index (χ0) is 14.3. The molecule has 0 aromatic heterocycles.